The Morgan fingerprint density at radius 3 is 2.92 bits per heavy atom. The van der Waals surface area contributed by atoms with Gasteiger partial charge in [-0.2, -0.15) is 0 Å². The van der Waals surface area contributed by atoms with Gasteiger partial charge in [-0.25, -0.2) is 0 Å². The van der Waals surface area contributed by atoms with Gasteiger partial charge in [0.05, 0.1) is 0 Å². The summed E-state index contributed by atoms with van der Waals surface area (Å²) in [5, 5.41) is 3.32. The summed E-state index contributed by atoms with van der Waals surface area (Å²) in [7, 11) is 0. The molecule has 1 unspecified atom stereocenters. The second-order valence-corrected chi connectivity index (χ2v) is 3.53. The van der Waals surface area contributed by atoms with Crippen LogP contribution < -0.4 is 11.1 Å². The van der Waals surface area contributed by atoms with Crippen molar-refractivity contribution in [3.63, 3.8) is 0 Å². The molecular weight excluding hydrogens is 148 g/mol. The van der Waals surface area contributed by atoms with Gasteiger partial charge in [-0.3, -0.25) is 0 Å². The van der Waals surface area contributed by atoms with E-state index in [4.69, 9.17) is 5.73 Å². The summed E-state index contributed by atoms with van der Waals surface area (Å²) in [6.45, 7) is 5.11. The maximum atomic E-state index is 5.92. The quantitative estimate of drug-likeness (QED) is 0.609. The Kier molecular flexibility index (Phi) is 1.58. The standard InChI is InChI=1S/C10H14N2/c1-6-3-7(2)10-8(4-6)9(11)5-12-10/h3-4,9,12H,5,11H2,1-2H3. The fourth-order valence-electron chi connectivity index (χ4n) is 1.86. The molecule has 2 heteroatoms. The molecule has 0 aromatic heterocycles. The third kappa shape index (κ3) is 0.994. The van der Waals surface area contributed by atoms with E-state index < -0.39 is 0 Å². The van der Waals surface area contributed by atoms with Crippen LogP contribution in [0.5, 0.6) is 0 Å². The molecule has 3 N–H and O–H groups in total. The predicted molar refractivity (Wildman–Crippen MR) is 51.3 cm³/mol. The first kappa shape index (κ1) is 7.62. The van der Waals surface area contributed by atoms with Gasteiger partial charge in [0.15, 0.2) is 0 Å². The maximum Gasteiger partial charge on any atom is 0.0491 e. The molecule has 0 aliphatic carbocycles. The van der Waals surface area contributed by atoms with Gasteiger partial charge < -0.3 is 11.1 Å². The Bertz CT molecular complexity index is 318. The Morgan fingerprint density at radius 2 is 2.17 bits per heavy atom. The van der Waals surface area contributed by atoms with Crippen LogP contribution in [0.2, 0.25) is 0 Å². The number of nitrogens with one attached hydrogen (secondary N) is 1. The lowest BCUT2D eigenvalue weighted by Crippen LogP contribution is -2.11. The highest BCUT2D eigenvalue weighted by atomic mass is 15.0. The van der Waals surface area contributed by atoms with Gasteiger partial charge in [0.25, 0.3) is 0 Å². The van der Waals surface area contributed by atoms with Crippen LogP contribution in [-0.2, 0) is 0 Å². The lowest BCUT2D eigenvalue weighted by Gasteiger charge is -2.06. The molecule has 2 rings (SSSR count). The fourth-order valence-corrected chi connectivity index (χ4v) is 1.86. The van der Waals surface area contributed by atoms with Crippen LogP contribution in [0.1, 0.15) is 22.7 Å². The first-order chi connectivity index (χ1) is 5.68. The molecule has 1 atom stereocenters. The molecule has 0 amide bonds. The Hall–Kier alpha value is -1.02. The molecule has 1 aromatic carbocycles. The molecule has 1 aliphatic rings. The van der Waals surface area contributed by atoms with Crippen molar-refractivity contribution < 1.29 is 0 Å². The van der Waals surface area contributed by atoms with Crippen molar-refractivity contribution in [2.45, 2.75) is 19.9 Å². The van der Waals surface area contributed by atoms with Crippen molar-refractivity contribution in [2.24, 2.45) is 5.73 Å². The van der Waals surface area contributed by atoms with Gasteiger partial charge >= 0.3 is 0 Å². The van der Waals surface area contributed by atoms with Gasteiger partial charge in [0.1, 0.15) is 0 Å². The number of hydrogen-bond acceptors (Lipinski definition) is 2. The van der Waals surface area contributed by atoms with Crippen molar-refractivity contribution in [1.29, 1.82) is 0 Å². The van der Waals surface area contributed by atoms with E-state index in [0.717, 1.165) is 6.54 Å². The summed E-state index contributed by atoms with van der Waals surface area (Å²) in [6.07, 6.45) is 0. The SMILES string of the molecule is Cc1cc(C)c2c(c1)C(N)CN2. The van der Waals surface area contributed by atoms with Gasteiger partial charge in [-0.1, -0.05) is 17.7 Å². The average molecular weight is 162 g/mol. The van der Waals surface area contributed by atoms with Gasteiger partial charge in [0.2, 0.25) is 0 Å². The third-order valence-electron chi connectivity index (χ3n) is 2.41. The van der Waals surface area contributed by atoms with Crippen LogP contribution in [0.3, 0.4) is 0 Å². The number of nitrogens with two attached hydrogens (primary N) is 1. The minimum absolute atomic E-state index is 0.179. The van der Waals surface area contributed by atoms with E-state index >= 15 is 0 Å². The number of anilines is 1. The number of rotatable bonds is 0. The highest BCUT2D eigenvalue weighted by Gasteiger charge is 2.19. The Balaban J connectivity index is 2.60. The minimum atomic E-state index is 0.179. The van der Waals surface area contributed by atoms with Crippen molar-refractivity contribution in [3.8, 4) is 0 Å². The first-order valence-corrected chi connectivity index (χ1v) is 4.29. The Morgan fingerprint density at radius 1 is 1.42 bits per heavy atom. The summed E-state index contributed by atoms with van der Waals surface area (Å²) in [4.78, 5) is 0. The molecule has 2 nitrogen and oxygen atoms in total. The van der Waals surface area contributed by atoms with Crippen LogP contribution in [0.25, 0.3) is 0 Å². The highest BCUT2D eigenvalue weighted by Crippen LogP contribution is 2.31. The predicted octanol–water partition coefficient (Wildman–Crippen LogP) is 1.73. The first-order valence-electron chi connectivity index (χ1n) is 4.29. The third-order valence-corrected chi connectivity index (χ3v) is 2.41. The summed E-state index contributed by atoms with van der Waals surface area (Å²) in [6, 6.07) is 4.54. The molecule has 0 saturated heterocycles. The van der Waals surface area contributed by atoms with E-state index in [-0.39, 0.29) is 6.04 Å². The number of hydrogen-bond donors (Lipinski definition) is 2. The van der Waals surface area contributed by atoms with Crippen LogP contribution in [0, 0.1) is 13.8 Å². The lowest BCUT2D eigenvalue weighted by molar-refractivity contribution is 0.807. The van der Waals surface area contributed by atoms with E-state index in [9.17, 15) is 0 Å². The van der Waals surface area contributed by atoms with E-state index in [2.05, 4.69) is 31.3 Å². The molecule has 1 aromatic rings. The molecule has 0 saturated carbocycles. The van der Waals surface area contributed by atoms with Crippen molar-refractivity contribution in [3.05, 3.63) is 28.8 Å². The second-order valence-electron chi connectivity index (χ2n) is 3.53. The normalized spacial score (nSPS) is 20.4. The molecular formula is C10H14N2. The van der Waals surface area contributed by atoms with Crippen LogP contribution in [-0.4, -0.2) is 6.54 Å². The number of fused-ring (bicyclic) bond motifs is 1. The molecule has 0 fully saturated rings. The Labute approximate surface area is 72.8 Å². The summed E-state index contributed by atoms with van der Waals surface area (Å²) in [5.41, 5.74) is 11.0. The largest absolute Gasteiger partial charge is 0.383 e. The van der Waals surface area contributed by atoms with E-state index in [1.807, 2.05) is 0 Å². The van der Waals surface area contributed by atoms with Crippen molar-refractivity contribution in [2.75, 3.05) is 11.9 Å². The molecule has 64 valence electrons. The van der Waals surface area contributed by atoms with Crippen LogP contribution >= 0.6 is 0 Å². The van der Waals surface area contributed by atoms with Crippen molar-refractivity contribution in [1.82, 2.24) is 0 Å². The van der Waals surface area contributed by atoms with Gasteiger partial charge in [-0.15, -0.1) is 0 Å². The molecule has 0 bridgehead atoms. The summed E-state index contributed by atoms with van der Waals surface area (Å²) >= 11 is 0. The topological polar surface area (TPSA) is 38.0 Å². The smallest absolute Gasteiger partial charge is 0.0491 e. The molecule has 1 aliphatic heterocycles. The molecule has 1 heterocycles. The number of aryl methyl sites for hydroxylation is 2. The van der Waals surface area contributed by atoms with E-state index in [1.54, 1.807) is 0 Å². The zero-order chi connectivity index (χ0) is 8.72. The lowest BCUT2D eigenvalue weighted by atomic mass is 10.0. The number of benzene rings is 1. The summed E-state index contributed by atoms with van der Waals surface area (Å²) in [5.74, 6) is 0. The average Bonchev–Trinajstić information content (AvgIpc) is 2.33. The van der Waals surface area contributed by atoms with E-state index in [1.165, 1.54) is 22.4 Å². The fraction of sp³-hybridized carbons (Fsp3) is 0.400. The monoisotopic (exact) mass is 162 g/mol. The molecule has 12 heavy (non-hydrogen) atoms. The van der Waals surface area contributed by atoms with Crippen LogP contribution in [0.15, 0.2) is 12.1 Å². The molecule has 0 radical (unpaired) electrons. The van der Waals surface area contributed by atoms with Crippen LogP contribution in [0.4, 0.5) is 5.69 Å². The van der Waals surface area contributed by atoms with Gasteiger partial charge in [0, 0.05) is 18.3 Å². The minimum Gasteiger partial charge on any atom is -0.383 e. The highest BCUT2D eigenvalue weighted by molar-refractivity contribution is 5.63. The zero-order valence-electron chi connectivity index (χ0n) is 7.52. The van der Waals surface area contributed by atoms with Crippen molar-refractivity contribution >= 4 is 5.69 Å². The zero-order valence-corrected chi connectivity index (χ0v) is 7.52. The maximum absolute atomic E-state index is 5.92. The van der Waals surface area contributed by atoms with E-state index in [0.29, 0.717) is 0 Å². The second kappa shape index (κ2) is 2.49. The summed E-state index contributed by atoms with van der Waals surface area (Å²) < 4.78 is 0. The van der Waals surface area contributed by atoms with Gasteiger partial charge in [-0.05, 0) is 25.0 Å². The molecule has 0 spiro atoms.